The summed E-state index contributed by atoms with van der Waals surface area (Å²) in [7, 11) is 1.59. The number of hydrogen-bond acceptors (Lipinski definition) is 5. The van der Waals surface area contributed by atoms with Crippen LogP contribution in [0.4, 0.5) is 5.69 Å². The Morgan fingerprint density at radius 1 is 1.00 bits per heavy atom. The van der Waals surface area contributed by atoms with Crippen LogP contribution in [0.3, 0.4) is 0 Å². The maximum Gasteiger partial charge on any atom is 0.300 e. The third kappa shape index (κ3) is 3.34. The first kappa shape index (κ1) is 19.6. The van der Waals surface area contributed by atoms with Crippen molar-refractivity contribution in [3.8, 4) is 28.4 Å². The Kier molecular flexibility index (Phi) is 4.88. The maximum absolute atomic E-state index is 12.9. The summed E-state index contributed by atoms with van der Waals surface area (Å²) in [5, 5.41) is 9.00. The van der Waals surface area contributed by atoms with E-state index in [2.05, 4.69) is 10.3 Å². The quantitative estimate of drug-likeness (QED) is 0.460. The van der Waals surface area contributed by atoms with E-state index in [-0.39, 0.29) is 5.69 Å². The van der Waals surface area contributed by atoms with Crippen LogP contribution in [0, 0.1) is 0 Å². The Hall–Kier alpha value is -3.35. The van der Waals surface area contributed by atoms with Crippen molar-refractivity contribution in [3.05, 3.63) is 92.7 Å². The van der Waals surface area contributed by atoms with E-state index < -0.39 is 11.7 Å². The highest BCUT2D eigenvalue weighted by atomic mass is 35.5. The molecule has 0 aliphatic carbocycles. The molecule has 1 aliphatic rings. The number of fused-ring (bicyclic) bond motifs is 3. The van der Waals surface area contributed by atoms with Crippen molar-refractivity contribution in [1.82, 2.24) is 14.8 Å². The summed E-state index contributed by atoms with van der Waals surface area (Å²) in [6.07, 6.45) is -0.499. The molecule has 0 spiro atoms. The Morgan fingerprint density at radius 3 is 2.55 bits per heavy atom. The summed E-state index contributed by atoms with van der Waals surface area (Å²) >= 11 is 12.8. The van der Waals surface area contributed by atoms with Crippen LogP contribution >= 0.6 is 23.2 Å². The van der Waals surface area contributed by atoms with Crippen molar-refractivity contribution in [2.45, 2.75) is 6.17 Å². The minimum atomic E-state index is -0.499. The third-order valence-corrected chi connectivity index (χ3v) is 6.01. The fraction of sp³-hybridized carbons (Fsp3) is 0.0870. The van der Waals surface area contributed by atoms with Gasteiger partial charge in [-0.3, -0.25) is 4.79 Å². The van der Waals surface area contributed by atoms with E-state index in [0.717, 1.165) is 16.8 Å². The van der Waals surface area contributed by atoms with E-state index in [0.29, 0.717) is 27.2 Å². The van der Waals surface area contributed by atoms with Crippen LogP contribution in [-0.4, -0.2) is 21.9 Å². The van der Waals surface area contributed by atoms with Gasteiger partial charge in [0.25, 0.3) is 5.56 Å². The summed E-state index contributed by atoms with van der Waals surface area (Å²) in [6, 6.07) is 20.2. The molecule has 31 heavy (non-hydrogen) atoms. The summed E-state index contributed by atoms with van der Waals surface area (Å²) in [5.41, 5.74) is 2.80. The highest BCUT2D eigenvalue weighted by molar-refractivity contribution is 6.42. The zero-order chi connectivity index (χ0) is 21.5. The van der Waals surface area contributed by atoms with Crippen molar-refractivity contribution < 1.29 is 4.74 Å². The van der Waals surface area contributed by atoms with Crippen molar-refractivity contribution >= 4 is 28.9 Å². The van der Waals surface area contributed by atoms with Gasteiger partial charge in [0.05, 0.1) is 17.2 Å². The lowest BCUT2D eigenvalue weighted by atomic mass is 10.1. The molecule has 1 N–H and O–H groups in total. The van der Waals surface area contributed by atoms with E-state index in [9.17, 15) is 4.79 Å². The molecule has 3 aromatic carbocycles. The second kappa shape index (κ2) is 7.72. The summed E-state index contributed by atoms with van der Waals surface area (Å²) in [4.78, 5) is 17.3. The molecule has 0 bridgehead atoms. The molecule has 1 aliphatic heterocycles. The van der Waals surface area contributed by atoms with E-state index in [1.165, 1.54) is 0 Å². The number of ether oxygens (including phenoxy) is 1. The van der Waals surface area contributed by atoms with Gasteiger partial charge in [0.1, 0.15) is 5.75 Å². The second-order valence-corrected chi connectivity index (χ2v) is 7.78. The van der Waals surface area contributed by atoms with Gasteiger partial charge >= 0.3 is 0 Å². The number of aromatic nitrogens is 3. The van der Waals surface area contributed by atoms with Crippen LogP contribution in [0.1, 0.15) is 11.7 Å². The Bertz CT molecular complexity index is 1350. The van der Waals surface area contributed by atoms with Crippen LogP contribution in [0.5, 0.6) is 5.75 Å². The average molecular weight is 451 g/mol. The van der Waals surface area contributed by atoms with E-state index in [1.807, 2.05) is 36.4 Å². The highest BCUT2D eigenvalue weighted by Gasteiger charge is 2.29. The van der Waals surface area contributed by atoms with E-state index in [4.69, 9.17) is 33.0 Å². The number of halogens is 2. The molecule has 2 heterocycles. The molecule has 0 saturated heterocycles. The average Bonchev–Trinajstić information content (AvgIpc) is 2.80. The molecule has 0 radical (unpaired) electrons. The molecule has 1 unspecified atom stereocenters. The number of anilines is 1. The van der Waals surface area contributed by atoms with Crippen LogP contribution in [0.25, 0.3) is 22.6 Å². The molecule has 0 saturated carbocycles. The Labute approximate surface area is 188 Å². The minimum absolute atomic E-state index is 0.232. The molecule has 1 aromatic heterocycles. The molecular weight excluding hydrogens is 435 g/mol. The van der Waals surface area contributed by atoms with Gasteiger partial charge < -0.3 is 10.1 Å². The highest BCUT2D eigenvalue weighted by Crippen LogP contribution is 2.39. The largest absolute Gasteiger partial charge is 0.497 e. The Morgan fingerprint density at radius 2 is 1.77 bits per heavy atom. The molecule has 6 nitrogen and oxygen atoms in total. The number of nitrogens with one attached hydrogen (secondary N) is 1. The van der Waals surface area contributed by atoms with Crippen molar-refractivity contribution in [3.63, 3.8) is 0 Å². The normalized spacial score (nSPS) is 14.4. The molecule has 0 fully saturated rings. The second-order valence-electron chi connectivity index (χ2n) is 7.00. The van der Waals surface area contributed by atoms with Crippen LogP contribution in [-0.2, 0) is 0 Å². The summed E-state index contributed by atoms with van der Waals surface area (Å²) in [5.74, 6) is 1.15. The minimum Gasteiger partial charge on any atom is -0.497 e. The molecule has 1 atom stereocenters. The smallest absolute Gasteiger partial charge is 0.300 e. The lowest BCUT2D eigenvalue weighted by molar-refractivity contribution is 0.415. The molecule has 8 heteroatoms. The number of methoxy groups -OCH3 is 1. The van der Waals surface area contributed by atoms with Crippen LogP contribution in [0.2, 0.25) is 10.0 Å². The van der Waals surface area contributed by atoms with Gasteiger partial charge in [0.15, 0.2) is 17.7 Å². The lowest BCUT2D eigenvalue weighted by Crippen LogP contribution is -2.32. The predicted molar refractivity (Wildman–Crippen MR) is 122 cm³/mol. The van der Waals surface area contributed by atoms with Gasteiger partial charge in [-0.05, 0) is 42.5 Å². The van der Waals surface area contributed by atoms with Gasteiger partial charge in [-0.25, -0.2) is 4.68 Å². The number of hydrogen-bond donors (Lipinski definition) is 1. The van der Waals surface area contributed by atoms with Crippen LogP contribution < -0.4 is 15.6 Å². The number of benzene rings is 3. The summed E-state index contributed by atoms with van der Waals surface area (Å²) in [6.45, 7) is 0. The predicted octanol–water partition coefficient (Wildman–Crippen LogP) is 5.26. The number of rotatable bonds is 3. The fourth-order valence-corrected chi connectivity index (χ4v) is 4.06. The molecule has 4 aromatic rings. The standard InChI is InChI=1S/C23H16Cl2N4O2/c1-31-14-11-9-13(10-12-14)20-23(30)27-21-15-5-2-3-8-18(15)26-22(29(21)28-20)16-6-4-7-17(24)19(16)25/h2-12,22,26H,1H3. The first-order valence-corrected chi connectivity index (χ1v) is 10.3. The van der Waals surface area contributed by atoms with Crippen LogP contribution in [0.15, 0.2) is 71.5 Å². The molecule has 5 rings (SSSR count). The van der Waals surface area contributed by atoms with Gasteiger partial charge in [-0.2, -0.15) is 10.1 Å². The first-order valence-electron chi connectivity index (χ1n) is 9.52. The van der Waals surface area contributed by atoms with Crippen molar-refractivity contribution in [2.75, 3.05) is 12.4 Å². The first-order chi connectivity index (χ1) is 15.1. The van der Waals surface area contributed by atoms with E-state index >= 15 is 0 Å². The van der Waals surface area contributed by atoms with Gasteiger partial charge in [0.2, 0.25) is 0 Å². The molecule has 154 valence electrons. The Balaban J connectivity index is 1.75. The van der Waals surface area contributed by atoms with E-state index in [1.54, 1.807) is 42.1 Å². The maximum atomic E-state index is 12.9. The monoisotopic (exact) mass is 450 g/mol. The van der Waals surface area contributed by atoms with Crippen molar-refractivity contribution in [2.24, 2.45) is 0 Å². The third-order valence-electron chi connectivity index (χ3n) is 5.18. The SMILES string of the molecule is COc1ccc(-c2nn3c(nc2=O)-c2ccccc2NC3c2cccc(Cl)c2Cl)cc1. The van der Waals surface area contributed by atoms with Gasteiger partial charge in [0, 0.05) is 22.4 Å². The fourth-order valence-electron chi connectivity index (χ4n) is 3.65. The number of nitrogens with zero attached hydrogens (tertiary/aromatic N) is 3. The van der Waals surface area contributed by atoms with Crippen molar-refractivity contribution in [1.29, 1.82) is 0 Å². The zero-order valence-electron chi connectivity index (χ0n) is 16.3. The van der Waals surface area contributed by atoms with Gasteiger partial charge in [-0.15, -0.1) is 0 Å². The molecule has 0 amide bonds. The lowest BCUT2D eigenvalue weighted by Gasteiger charge is -2.31. The summed E-state index contributed by atoms with van der Waals surface area (Å²) < 4.78 is 6.89. The topological polar surface area (TPSA) is 69.0 Å². The molecular formula is C23H16Cl2N4O2. The number of para-hydroxylation sites is 1. The zero-order valence-corrected chi connectivity index (χ0v) is 17.9. The van der Waals surface area contributed by atoms with Gasteiger partial charge in [-0.1, -0.05) is 47.5 Å².